The van der Waals surface area contributed by atoms with Crippen LogP contribution >= 0.6 is 0 Å². The molecule has 0 heterocycles. The molecule has 8 aromatic carbocycles. The van der Waals surface area contributed by atoms with Gasteiger partial charge in [0.25, 0.3) is 0 Å². The molecule has 0 saturated heterocycles. The molecular weight excluding hydrogens is 1140 g/mol. The fraction of sp³-hybridized carbons (Fsp3) is 0.169. The molecule has 0 amide bonds. The van der Waals surface area contributed by atoms with Crippen molar-refractivity contribution >= 4 is 8.07 Å². The van der Waals surface area contributed by atoms with Crippen LogP contribution in [0.3, 0.4) is 0 Å². The standard InChI is InChI=1S/C18H26Si.C18H13.C13H12.4C7H7.2Zr/c1-11-9-13(3)17(15(11)5)19(7,8)18-14(4)10-12(2)16(18)6;1-2-8-13(7-1)18-16-11-5-3-9-14(16)15-10-4-6-12-17(15)18;1-3-7-12(8-4-1)11-13-9-5-2-6-10-13;4*1-7-5-3-2-4-6-7;;/h11-12H,1-8H3;1-7,9-11,18H,8H2;1-10H,11H2;4*2-6H,1H2;;/q-2;-1;;4*-1;+3;+4. The Kier molecular flexibility index (Phi) is 28.2. The summed E-state index contributed by atoms with van der Waals surface area (Å²) in [7, 11) is -1.61. The second kappa shape index (κ2) is 34.1. The predicted molar refractivity (Wildman–Crippen MR) is 340 cm³/mol. The molecule has 80 heavy (non-hydrogen) atoms. The molecular formula is C77H79SiZr2. The maximum atomic E-state index is 3.72. The van der Waals surface area contributed by atoms with Gasteiger partial charge in [-0.15, -0.1) is 59.7 Å². The molecule has 3 heteroatoms. The van der Waals surface area contributed by atoms with E-state index in [4.69, 9.17) is 0 Å². The average Bonchev–Trinajstić information content (AvgIpc) is 4.41. The molecule has 0 bridgehead atoms. The van der Waals surface area contributed by atoms with Crippen LogP contribution in [-0.4, -0.2) is 8.07 Å². The van der Waals surface area contributed by atoms with E-state index in [9.17, 15) is 0 Å². The molecule has 0 N–H and O–H groups in total. The molecule has 0 aromatic heterocycles. The van der Waals surface area contributed by atoms with Crippen molar-refractivity contribution < 1.29 is 52.4 Å². The molecule has 0 saturated carbocycles. The van der Waals surface area contributed by atoms with Crippen molar-refractivity contribution in [2.75, 3.05) is 0 Å². The molecule has 3 atom stereocenters. The molecule has 12 rings (SSSR count). The second-order valence-corrected chi connectivity index (χ2v) is 25.0. The van der Waals surface area contributed by atoms with Crippen LogP contribution in [0, 0.1) is 57.7 Å². The number of hydrogen-bond donors (Lipinski definition) is 0. The van der Waals surface area contributed by atoms with Gasteiger partial charge in [-0.1, -0.05) is 213 Å². The van der Waals surface area contributed by atoms with Crippen molar-refractivity contribution in [1.82, 2.24) is 0 Å². The van der Waals surface area contributed by atoms with Gasteiger partial charge in [0.15, 0.2) is 0 Å². The van der Waals surface area contributed by atoms with E-state index in [1.807, 2.05) is 127 Å². The summed E-state index contributed by atoms with van der Waals surface area (Å²) in [6.45, 7) is 33.5. The van der Waals surface area contributed by atoms with Crippen LogP contribution in [0.2, 0.25) is 13.1 Å². The van der Waals surface area contributed by atoms with Crippen molar-refractivity contribution in [3.05, 3.63) is 371 Å². The fourth-order valence-corrected chi connectivity index (χ4v) is 15.2. The van der Waals surface area contributed by atoms with Crippen molar-refractivity contribution in [2.24, 2.45) is 11.8 Å². The summed E-state index contributed by atoms with van der Waals surface area (Å²) in [5, 5.41) is 3.26. The Labute approximate surface area is 523 Å². The van der Waals surface area contributed by atoms with E-state index >= 15 is 0 Å². The summed E-state index contributed by atoms with van der Waals surface area (Å²) in [6.07, 6.45) is 16.0. The third-order valence-electron chi connectivity index (χ3n) is 14.3. The quantitative estimate of drug-likeness (QED) is 0.119. The van der Waals surface area contributed by atoms with Crippen molar-refractivity contribution in [3.8, 4) is 11.1 Å². The minimum atomic E-state index is -1.61. The molecule has 0 aliphatic heterocycles. The fourth-order valence-electron chi connectivity index (χ4n) is 10.6. The molecule has 0 fully saturated rings. The zero-order valence-electron chi connectivity index (χ0n) is 48.6. The van der Waals surface area contributed by atoms with Crippen LogP contribution in [0.5, 0.6) is 0 Å². The monoisotopic (exact) mass is 1210 g/mol. The molecule has 1 radical (unpaired) electrons. The molecule has 4 aliphatic rings. The Bertz CT molecular complexity index is 2990. The van der Waals surface area contributed by atoms with E-state index in [-0.39, 0.29) is 52.4 Å². The minimum absolute atomic E-state index is 0. The zero-order chi connectivity index (χ0) is 55.9. The minimum Gasteiger partial charge on any atom is -0.266 e. The summed E-state index contributed by atoms with van der Waals surface area (Å²) >= 11 is 0. The van der Waals surface area contributed by atoms with Gasteiger partial charge in [-0.25, -0.2) is 21.5 Å². The van der Waals surface area contributed by atoms with E-state index in [2.05, 4.69) is 216 Å². The van der Waals surface area contributed by atoms with E-state index in [0.717, 1.165) is 35.1 Å². The Morgan fingerprint density at radius 3 is 1.14 bits per heavy atom. The summed E-state index contributed by atoms with van der Waals surface area (Å²) in [5.41, 5.74) is 19.9. The topological polar surface area (TPSA) is 0 Å². The maximum Gasteiger partial charge on any atom is 4.00 e. The number of allylic oxidation sites excluding steroid dienone is 12. The number of fused-ring (bicyclic) bond motifs is 3. The molecule has 3 unspecified atom stereocenters. The van der Waals surface area contributed by atoms with Crippen molar-refractivity contribution in [1.29, 1.82) is 0 Å². The van der Waals surface area contributed by atoms with Crippen LogP contribution in [-0.2, 0) is 58.8 Å². The summed E-state index contributed by atoms with van der Waals surface area (Å²) in [5.74, 6) is 1.40. The Balaban J connectivity index is 0.000000209. The number of hydrogen-bond acceptors (Lipinski definition) is 0. The van der Waals surface area contributed by atoms with Gasteiger partial charge in [-0.3, -0.25) is 12.2 Å². The third-order valence-corrected chi connectivity index (χ3v) is 18.4. The molecule has 399 valence electrons. The van der Waals surface area contributed by atoms with Gasteiger partial charge in [-0.05, 0) is 29.5 Å². The second-order valence-electron chi connectivity index (χ2n) is 20.7. The summed E-state index contributed by atoms with van der Waals surface area (Å²) in [6, 6.07) is 79.1. The van der Waals surface area contributed by atoms with E-state index in [1.54, 1.807) is 21.5 Å². The van der Waals surface area contributed by atoms with Crippen LogP contribution in [0.25, 0.3) is 11.1 Å². The largest absolute Gasteiger partial charge is 4.00 e. The summed E-state index contributed by atoms with van der Waals surface area (Å²) < 4.78 is 0. The Hall–Kier alpha value is -6.34. The average molecular weight is 1220 g/mol. The van der Waals surface area contributed by atoms with Crippen LogP contribution in [0.4, 0.5) is 0 Å². The Morgan fingerprint density at radius 2 is 0.812 bits per heavy atom. The van der Waals surface area contributed by atoms with Gasteiger partial charge in [0.2, 0.25) is 0 Å². The van der Waals surface area contributed by atoms with Crippen LogP contribution < -0.4 is 0 Å². The normalized spacial score (nSPS) is 15.7. The van der Waals surface area contributed by atoms with Crippen molar-refractivity contribution in [3.63, 3.8) is 0 Å². The maximum absolute atomic E-state index is 3.72. The van der Waals surface area contributed by atoms with Gasteiger partial charge in [0.05, 0.1) is 0 Å². The van der Waals surface area contributed by atoms with E-state index in [1.165, 1.54) is 50.1 Å². The first-order valence-electron chi connectivity index (χ1n) is 27.3. The van der Waals surface area contributed by atoms with Gasteiger partial charge >= 0.3 is 52.4 Å². The first-order valence-corrected chi connectivity index (χ1v) is 30.3. The molecule has 0 spiro atoms. The van der Waals surface area contributed by atoms with Crippen LogP contribution in [0.1, 0.15) is 98.4 Å². The van der Waals surface area contributed by atoms with E-state index in [0.29, 0.717) is 17.8 Å². The SMILES string of the molecule is CC1=[C-]C(C)C(C)=C1[Si](C)(C)C1=C(C)C(C)[C-]=C1C.[CH2-]c1ccccc1.[CH2-]c1ccccc1.[CH2-]c1ccccc1.[CH2-]c1ccccc1.[Zr+3].[Zr+4].[c-]1cccc2c1C(C1=CC=CC1)c1ccccc1-2.c1ccc(Cc2ccccc2)cc1. The third kappa shape index (κ3) is 19.7. The molecule has 4 aliphatic carbocycles. The number of rotatable bonds is 5. The van der Waals surface area contributed by atoms with Gasteiger partial charge < -0.3 is 0 Å². The molecule has 8 aromatic rings. The van der Waals surface area contributed by atoms with Crippen LogP contribution in [0.15, 0.2) is 281 Å². The smallest absolute Gasteiger partial charge is 0.266 e. The zero-order valence-corrected chi connectivity index (χ0v) is 54.5. The first kappa shape index (κ1) is 66.2. The molecule has 0 nitrogen and oxygen atoms in total. The van der Waals surface area contributed by atoms with Gasteiger partial charge in [0, 0.05) is 5.92 Å². The predicted octanol–water partition coefficient (Wildman–Crippen LogP) is 20.4. The van der Waals surface area contributed by atoms with Gasteiger partial charge in [-0.2, -0.15) is 134 Å². The van der Waals surface area contributed by atoms with Crippen molar-refractivity contribution in [2.45, 2.75) is 73.4 Å². The number of benzene rings is 8. The van der Waals surface area contributed by atoms with E-state index < -0.39 is 8.07 Å². The van der Waals surface area contributed by atoms with Gasteiger partial charge in [0.1, 0.15) is 0 Å². The Morgan fingerprint density at radius 1 is 0.463 bits per heavy atom. The first-order chi connectivity index (χ1) is 37.6. The summed E-state index contributed by atoms with van der Waals surface area (Å²) in [4.78, 5) is 0.